The van der Waals surface area contributed by atoms with Gasteiger partial charge in [0, 0.05) is 45.3 Å². The van der Waals surface area contributed by atoms with Gasteiger partial charge in [-0.1, -0.05) is 19.3 Å². The zero-order chi connectivity index (χ0) is 12.1. The van der Waals surface area contributed by atoms with E-state index in [9.17, 15) is 0 Å². The van der Waals surface area contributed by atoms with Crippen molar-refractivity contribution in [1.82, 2.24) is 15.1 Å². The Labute approximate surface area is 107 Å². The molecule has 3 heteroatoms. The van der Waals surface area contributed by atoms with Crippen LogP contribution in [0.15, 0.2) is 0 Å². The molecular formula is C14H29N3. The molecule has 1 saturated heterocycles. The molecule has 1 N–H and O–H groups in total. The van der Waals surface area contributed by atoms with E-state index >= 15 is 0 Å². The van der Waals surface area contributed by atoms with Crippen LogP contribution in [0.2, 0.25) is 0 Å². The number of piperazine rings is 1. The standard InChI is InChI=1S/C14H29N3/c1-13(12-14-4-3-5-14)16(2)10-11-17-8-6-15-7-9-17/h13-15H,3-12H2,1-2H3. The molecule has 0 aromatic heterocycles. The molecule has 1 aliphatic heterocycles. The van der Waals surface area contributed by atoms with Crippen molar-refractivity contribution in [2.75, 3.05) is 46.3 Å². The Morgan fingerprint density at radius 3 is 2.59 bits per heavy atom. The van der Waals surface area contributed by atoms with Gasteiger partial charge in [0.25, 0.3) is 0 Å². The first-order valence-electron chi connectivity index (χ1n) is 7.39. The second-order valence-electron chi connectivity index (χ2n) is 5.95. The average Bonchev–Trinajstić information content (AvgIpc) is 2.32. The molecule has 100 valence electrons. The van der Waals surface area contributed by atoms with Crippen LogP contribution in [0.1, 0.15) is 32.6 Å². The third kappa shape index (κ3) is 4.23. The first-order valence-corrected chi connectivity index (χ1v) is 7.39. The van der Waals surface area contributed by atoms with Crippen molar-refractivity contribution >= 4 is 0 Å². The lowest BCUT2D eigenvalue weighted by Crippen LogP contribution is -2.47. The first kappa shape index (κ1) is 13.3. The highest BCUT2D eigenvalue weighted by molar-refractivity contribution is 4.76. The van der Waals surface area contributed by atoms with Crippen molar-refractivity contribution in [2.45, 2.75) is 38.6 Å². The van der Waals surface area contributed by atoms with Crippen LogP contribution in [0, 0.1) is 5.92 Å². The van der Waals surface area contributed by atoms with Crippen LogP contribution in [0.5, 0.6) is 0 Å². The highest BCUT2D eigenvalue weighted by Gasteiger charge is 2.22. The molecule has 0 bridgehead atoms. The SMILES string of the molecule is CC(CC1CCC1)N(C)CCN1CCNCC1. The molecule has 1 unspecified atom stereocenters. The van der Waals surface area contributed by atoms with Crippen molar-refractivity contribution < 1.29 is 0 Å². The maximum absolute atomic E-state index is 3.41. The average molecular weight is 239 g/mol. The number of nitrogens with one attached hydrogen (secondary N) is 1. The van der Waals surface area contributed by atoms with Gasteiger partial charge in [0.1, 0.15) is 0 Å². The fourth-order valence-electron chi connectivity index (χ4n) is 2.85. The molecule has 3 nitrogen and oxygen atoms in total. The minimum absolute atomic E-state index is 0.767. The summed E-state index contributed by atoms with van der Waals surface area (Å²) in [5.41, 5.74) is 0. The summed E-state index contributed by atoms with van der Waals surface area (Å²) in [5.74, 6) is 1.03. The summed E-state index contributed by atoms with van der Waals surface area (Å²) >= 11 is 0. The maximum atomic E-state index is 3.41. The van der Waals surface area contributed by atoms with E-state index in [0.717, 1.165) is 12.0 Å². The molecule has 1 atom stereocenters. The predicted molar refractivity (Wildman–Crippen MR) is 73.4 cm³/mol. The highest BCUT2D eigenvalue weighted by Crippen LogP contribution is 2.31. The zero-order valence-electron chi connectivity index (χ0n) is 11.6. The van der Waals surface area contributed by atoms with Crippen LogP contribution < -0.4 is 5.32 Å². The van der Waals surface area contributed by atoms with Crippen molar-refractivity contribution in [3.63, 3.8) is 0 Å². The highest BCUT2D eigenvalue weighted by atomic mass is 15.2. The molecule has 0 amide bonds. The molecule has 1 heterocycles. The Morgan fingerprint density at radius 2 is 2.00 bits per heavy atom. The molecule has 17 heavy (non-hydrogen) atoms. The van der Waals surface area contributed by atoms with E-state index in [1.54, 1.807) is 0 Å². The van der Waals surface area contributed by atoms with E-state index in [1.165, 1.54) is 65.0 Å². The first-order chi connectivity index (χ1) is 8.25. The van der Waals surface area contributed by atoms with Gasteiger partial charge in [-0.15, -0.1) is 0 Å². The summed E-state index contributed by atoms with van der Waals surface area (Å²) < 4.78 is 0. The lowest BCUT2D eigenvalue weighted by molar-refractivity contribution is 0.152. The molecule has 0 radical (unpaired) electrons. The van der Waals surface area contributed by atoms with Crippen LogP contribution in [0.3, 0.4) is 0 Å². The summed E-state index contributed by atoms with van der Waals surface area (Å²) in [6.07, 6.45) is 5.85. The van der Waals surface area contributed by atoms with Crippen LogP contribution in [-0.2, 0) is 0 Å². The monoisotopic (exact) mass is 239 g/mol. The van der Waals surface area contributed by atoms with Crippen LogP contribution in [-0.4, -0.2) is 62.2 Å². The van der Waals surface area contributed by atoms with Gasteiger partial charge >= 0.3 is 0 Å². The lowest BCUT2D eigenvalue weighted by atomic mass is 9.81. The lowest BCUT2D eigenvalue weighted by Gasteiger charge is -2.34. The molecular weight excluding hydrogens is 210 g/mol. The Kier molecular flexibility index (Phi) is 5.26. The molecule has 1 aliphatic carbocycles. The Hall–Kier alpha value is -0.120. The summed E-state index contributed by atoms with van der Waals surface area (Å²) in [6.45, 7) is 9.66. The topological polar surface area (TPSA) is 18.5 Å². The summed E-state index contributed by atoms with van der Waals surface area (Å²) in [7, 11) is 2.30. The van der Waals surface area contributed by atoms with Gasteiger partial charge in [-0.3, -0.25) is 4.90 Å². The van der Waals surface area contributed by atoms with Gasteiger partial charge in [0.2, 0.25) is 0 Å². The van der Waals surface area contributed by atoms with Crippen LogP contribution in [0.4, 0.5) is 0 Å². The van der Waals surface area contributed by atoms with Gasteiger partial charge in [0.05, 0.1) is 0 Å². The molecule has 2 rings (SSSR count). The number of rotatable bonds is 6. The molecule has 0 spiro atoms. The summed E-state index contributed by atoms with van der Waals surface area (Å²) in [6, 6.07) is 0.767. The van der Waals surface area contributed by atoms with Crippen molar-refractivity contribution in [1.29, 1.82) is 0 Å². The van der Waals surface area contributed by atoms with E-state index in [4.69, 9.17) is 0 Å². The zero-order valence-corrected chi connectivity index (χ0v) is 11.6. The van der Waals surface area contributed by atoms with E-state index in [1.807, 2.05) is 0 Å². The minimum Gasteiger partial charge on any atom is -0.314 e. The van der Waals surface area contributed by atoms with Crippen molar-refractivity contribution in [2.24, 2.45) is 5.92 Å². The Morgan fingerprint density at radius 1 is 1.29 bits per heavy atom. The Bertz CT molecular complexity index is 210. The smallest absolute Gasteiger partial charge is 0.0110 e. The van der Waals surface area contributed by atoms with Gasteiger partial charge in [-0.25, -0.2) is 0 Å². The molecule has 0 aromatic carbocycles. The van der Waals surface area contributed by atoms with Gasteiger partial charge in [-0.05, 0) is 26.3 Å². The molecule has 1 saturated carbocycles. The fraction of sp³-hybridized carbons (Fsp3) is 1.00. The van der Waals surface area contributed by atoms with Crippen molar-refractivity contribution in [3.8, 4) is 0 Å². The van der Waals surface area contributed by atoms with Gasteiger partial charge in [0.15, 0.2) is 0 Å². The number of hydrogen-bond donors (Lipinski definition) is 1. The van der Waals surface area contributed by atoms with Gasteiger partial charge in [-0.2, -0.15) is 0 Å². The minimum atomic E-state index is 0.767. The normalized spacial score (nSPS) is 24.9. The quantitative estimate of drug-likeness (QED) is 0.756. The van der Waals surface area contributed by atoms with Crippen molar-refractivity contribution in [3.05, 3.63) is 0 Å². The number of likely N-dealkylation sites (N-methyl/N-ethyl adjacent to an activating group) is 1. The Balaban J connectivity index is 1.59. The third-order valence-corrected chi connectivity index (χ3v) is 4.63. The maximum Gasteiger partial charge on any atom is 0.0110 e. The summed E-state index contributed by atoms with van der Waals surface area (Å²) in [5, 5.41) is 3.41. The third-order valence-electron chi connectivity index (χ3n) is 4.63. The molecule has 2 fully saturated rings. The number of hydrogen-bond acceptors (Lipinski definition) is 3. The van der Waals surface area contributed by atoms with Gasteiger partial charge < -0.3 is 10.2 Å². The van der Waals surface area contributed by atoms with Crippen LogP contribution in [0.25, 0.3) is 0 Å². The summed E-state index contributed by atoms with van der Waals surface area (Å²) in [4.78, 5) is 5.14. The molecule has 2 aliphatic rings. The van der Waals surface area contributed by atoms with E-state index < -0.39 is 0 Å². The predicted octanol–water partition coefficient (Wildman–Crippen LogP) is 1.40. The van der Waals surface area contributed by atoms with Crippen LogP contribution >= 0.6 is 0 Å². The second-order valence-corrected chi connectivity index (χ2v) is 5.95. The largest absolute Gasteiger partial charge is 0.314 e. The van der Waals surface area contributed by atoms with E-state index in [2.05, 4.69) is 29.1 Å². The number of nitrogens with zero attached hydrogens (tertiary/aromatic N) is 2. The molecule has 0 aromatic rings. The second kappa shape index (κ2) is 6.72. The fourth-order valence-corrected chi connectivity index (χ4v) is 2.85. The van der Waals surface area contributed by atoms with E-state index in [-0.39, 0.29) is 0 Å². The van der Waals surface area contributed by atoms with E-state index in [0.29, 0.717) is 0 Å².